The highest BCUT2D eigenvalue weighted by atomic mass is 16.2. The van der Waals surface area contributed by atoms with E-state index in [1.807, 2.05) is 47.4 Å². The molecule has 0 bridgehead atoms. The van der Waals surface area contributed by atoms with Crippen LogP contribution in [-0.4, -0.2) is 93.3 Å². The number of hydrogen-bond donors (Lipinski definition) is 3. The van der Waals surface area contributed by atoms with E-state index in [2.05, 4.69) is 53.8 Å². The number of benzene rings is 1. The zero-order chi connectivity index (χ0) is 32.0. The van der Waals surface area contributed by atoms with Crippen LogP contribution in [0, 0.1) is 5.92 Å². The van der Waals surface area contributed by atoms with Crippen LogP contribution in [0.3, 0.4) is 0 Å². The zero-order valence-corrected chi connectivity index (χ0v) is 25.8. The van der Waals surface area contributed by atoms with Crippen LogP contribution in [0.2, 0.25) is 0 Å². The van der Waals surface area contributed by atoms with Gasteiger partial charge in [-0.25, -0.2) is 4.98 Å². The lowest BCUT2D eigenvalue weighted by atomic mass is 10.1. The first-order valence-corrected chi connectivity index (χ1v) is 15.4. The van der Waals surface area contributed by atoms with E-state index < -0.39 is 0 Å². The number of amides is 2. The molecule has 12 nitrogen and oxygen atoms in total. The third-order valence-electron chi connectivity index (χ3n) is 8.57. The molecule has 6 rings (SSSR count). The third kappa shape index (κ3) is 6.81. The molecule has 12 heteroatoms. The first-order valence-electron chi connectivity index (χ1n) is 15.4. The van der Waals surface area contributed by atoms with Crippen LogP contribution in [0.4, 0.5) is 11.5 Å². The number of carbonyl (C=O) groups excluding carboxylic acids is 2. The highest BCUT2D eigenvalue weighted by Gasteiger charge is 2.33. The van der Waals surface area contributed by atoms with Crippen molar-refractivity contribution in [2.75, 3.05) is 49.5 Å². The highest BCUT2D eigenvalue weighted by Crippen LogP contribution is 2.29. The molecule has 3 aromatic heterocycles. The van der Waals surface area contributed by atoms with Crippen molar-refractivity contribution >= 4 is 46.1 Å². The first kappa shape index (κ1) is 30.7. The van der Waals surface area contributed by atoms with Gasteiger partial charge in [0.2, 0.25) is 11.8 Å². The van der Waals surface area contributed by atoms with Gasteiger partial charge in [-0.1, -0.05) is 6.58 Å². The molecule has 0 radical (unpaired) electrons. The van der Waals surface area contributed by atoms with Crippen LogP contribution in [0.15, 0.2) is 84.9 Å². The van der Waals surface area contributed by atoms with E-state index in [1.165, 1.54) is 6.20 Å². The largest absolute Gasteiger partial charge is 0.405 e. The molecule has 0 spiro atoms. The molecule has 0 saturated carbocycles. The van der Waals surface area contributed by atoms with Crippen molar-refractivity contribution < 1.29 is 9.59 Å². The minimum Gasteiger partial charge on any atom is -0.405 e. The number of allylic oxidation sites excluding steroid dienone is 1. The topological polar surface area (TPSA) is 149 Å². The molecule has 2 atom stereocenters. The molecule has 1 aromatic carbocycles. The van der Waals surface area contributed by atoms with Gasteiger partial charge < -0.3 is 20.9 Å². The Labute approximate surface area is 267 Å². The number of hydrogen-bond acceptors (Lipinski definition) is 9. The molecule has 2 amide bonds. The minimum absolute atomic E-state index is 0.0296. The Bertz CT molecular complexity index is 1770. The fourth-order valence-electron chi connectivity index (χ4n) is 6.08. The number of rotatable bonds is 9. The maximum Gasteiger partial charge on any atom is 0.237 e. The number of aromatic amines is 1. The normalized spacial score (nSPS) is 19.0. The third-order valence-corrected chi connectivity index (χ3v) is 8.57. The van der Waals surface area contributed by atoms with Crippen LogP contribution in [0.25, 0.3) is 27.9 Å². The van der Waals surface area contributed by atoms with E-state index in [0.717, 1.165) is 39.2 Å². The van der Waals surface area contributed by atoms with Gasteiger partial charge in [-0.3, -0.25) is 29.6 Å². The number of nitrogens with zero attached hydrogens (tertiary/aromatic N) is 7. The number of aromatic nitrogens is 4. The summed E-state index contributed by atoms with van der Waals surface area (Å²) in [6.07, 6.45) is 10.6. The summed E-state index contributed by atoms with van der Waals surface area (Å²) in [5.41, 5.74) is 10.2. The summed E-state index contributed by atoms with van der Waals surface area (Å²) < 4.78 is 0. The molecule has 46 heavy (non-hydrogen) atoms. The van der Waals surface area contributed by atoms with Crippen LogP contribution in [0.1, 0.15) is 18.9 Å². The Morgan fingerprint density at radius 2 is 1.98 bits per heavy atom. The van der Waals surface area contributed by atoms with E-state index in [-0.39, 0.29) is 23.8 Å². The molecule has 2 fully saturated rings. The van der Waals surface area contributed by atoms with Crippen LogP contribution in [-0.2, 0) is 9.59 Å². The van der Waals surface area contributed by atoms with Gasteiger partial charge in [-0.2, -0.15) is 5.10 Å². The van der Waals surface area contributed by atoms with Gasteiger partial charge in [0.25, 0.3) is 0 Å². The molecule has 2 aliphatic heterocycles. The van der Waals surface area contributed by atoms with Crippen molar-refractivity contribution in [3.8, 4) is 11.3 Å². The monoisotopic (exact) mass is 618 g/mol. The van der Waals surface area contributed by atoms with Crippen molar-refractivity contribution in [3.63, 3.8) is 0 Å². The van der Waals surface area contributed by atoms with E-state index in [1.54, 1.807) is 30.9 Å². The number of likely N-dealkylation sites (tertiary alicyclic amines) is 1. The van der Waals surface area contributed by atoms with Gasteiger partial charge in [0.05, 0.1) is 23.7 Å². The summed E-state index contributed by atoms with van der Waals surface area (Å²) in [6, 6.07) is 13.5. The van der Waals surface area contributed by atoms with Crippen molar-refractivity contribution in [1.29, 1.82) is 0 Å². The van der Waals surface area contributed by atoms with Crippen molar-refractivity contribution in [3.05, 3.63) is 85.5 Å². The fourth-order valence-corrected chi connectivity index (χ4v) is 6.08. The number of nitrogens with two attached hydrogens (primary N) is 1. The highest BCUT2D eigenvalue weighted by molar-refractivity contribution is 5.99. The lowest BCUT2D eigenvalue weighted by molar-refractivity contribution is -0.134. The summed E-state index contributed by atoms with van der Waals surface area (Å²) >= 11 is 0. The van der Waals surface area contributed by atoms with Gasteiger partial charge in [0, 0.05) is 79.2 Å². The van der Waals surface area contributed by atoms with E-state index in [4.69, 9.17) is 5.73 Å². The number of aliphatic imine (C=N–C) groups is 1. The second-order valence-corrected chi connectivity index (χ2v) is 11.7. The van der Waals surface area contributed by atoms with Crippen molar-refractivity contribution in [2.24, 2.45) is 16.6 Å². The smallest absolute Gasteiger partial charge is 0.237 e. The maximum absolute atomic E-state index is 13.4. The molecule has 4 aromatic rings. The SMILES string of the molecule is C=C(N=C/C=C\N)c1ccc(N2CCN(C(=O)CN3CC[C@@H](C(=O)Nc4ccc5[nH]nc(-c6ccncc6)c5c4)C3)[C@H](C)C2)nc1. The van der Waals surface area contributed by atoms with Crippen LogP contribution >= 0.6 is 0 Å². The molecule has 5 heterocycles. The number of anilines is 2. The molecule has 4 N–H and O–H groups in total. The maximum atomic E-state index is 13.4. The Kier molecular flexibility index (Phi) is 9.15. The molecule has 2 saturated heterocycles. The number of H-pyrrole nitrogens is 1. The molecule has 236 valence electrons. The standard InChI is InChI=1S/C34H38N10O2/c1-23-20-43(31-7-4-26(19-38-31)24(2)37-12-3-11-35)16-17-44(23)32(45)22-42-15-10-27(21-42)34(46)39-28-5-6-30-29(18-28)33(41-40-30)25-8-13-36-14-9-25/h3-9,11-14,18-19,23,27H,2,10,15-17,20-22,35H2,1H3,(H,39,46)(H,40,41)/b11-3-,37-12?/t23-,27-/m1/s1. The Hall–Kier alpha value is -5.36. The van der Waals surface area contributed by atoms with E-state index >= 15 is 0 Å². The predicted octanol–water partition coefficient (Wildman–Crippen LogP) is 3.53. The van der Waals surface area contributed by atoms with Gasteiger partial charge in [-0.15, -0.1) is 0 Å². The first-order chi connectivity index (χ1) is 22.4. The fraction of sp³-hybridized carbons (Fsp3) is 0.294. The van der Waals surface area contributed by atoms with Gasteiger partial charge in [0.1, 0.15) is 11.5 Å². The summed E-state index contributed by atoms with van der Waals surface area (Å²) in [7, 11) is 0. The van der Waals surface area contributed by atoms with Crippen LogP contribution in [0.5, 0.6) is 0 Å². The Morgan fingerprint density at radius 3 is 2.74 bits per heavy atom. The summed E-state index contributed by atoms with van der Waals surface area (Å²) in [5.74, 6) is 0.725. The minimum atomic E-state index is -0.185. The Morgan fingerprint density at radius 1 is 1.13 bits per heavy atom. The number of pyridine rings is 2. The lowest BCUT2D eigenvalue weighted by Crippen LogP contribution is -2.56. The average molecular weight is 619 g/mol. The number of piperazine rings is 1. The van der Waals surface area contributed by atoms with Crippen molar-refractivity contribution in [2.45, 2.75) is 19.4 Å². The van der Waals surface area contributed by atoms with Gasteiger partial charge in [-0.05, 0) is 74.6 Å². The molecular weight excluding hydrogens is 580 g/mol. The van der Waals surface area contributed by atoms with Gasteiger partial charge in [0.15, 0.2) is 0 Å². The van der Waals surface area contributed by atoms with E-state index in [9.17, 15) is 9.59 Å². The van der Waals surface area contributed by atoms with Crippen LogP contribution < -0.4 is 16.0 Å². The Balaban J connectivity index is 0.995. The molecular formula is C34H38N10O2. The lowest BCUT2D eigenvalue weighted by Gasteiger charge is -2.41. The molecule has 0 unspecified atom stereocenters. The second-order valence-electron chi connectivity index (χ2n) is 11.7. The zero-order valence-electron chi connectivity index (χ0n) is 25.8. The second kappa shape index (κ2) is 13.7. The number of fused-ring (bicyclic) bond motifs is 1. The quantitative estimate of drug-likeness (QED) is 0.241. The summed E-state index contributed by atoms with van der Waals surface area (Å²) in [5, 5.41) is 11.5. The number of nitrogens with one attached hydrogen (secondary N) is 2. The molecule has 0 aliphatic carbocycles. The summed E-state index contributed by atoms with van der Waals surface area (Å²) in [4.78, 5) is 45.7. The molecule has 2 aliphatic rings. The average Bonchev–Trinajstić information content (AvgIpc) is 3.72. The van der Waals surface area contributed by atoms with E-state index in [0.29, 0.717) is 51.4 Å². The summed E-state index contributed by atoms with van der Waals surface area (Å²) in [6.45, 7) is 9.60. The number of carbonyl (C=O) groups is 2. The predicted molar refractivity (Wildman–Crippen MR) is 181 cm³/mol. The van der Waals surface area contributed by atoms with Gasteiger partial charge >= 0.3 is 0 Å². The van der Waals surface area contributed by atoms with Crippen molar-refractivity contribution in [1.82, 2.24) is 30.0 Å².